The van der Waals surface area contributed by atoms with Gasteiger partial charge >= 0.3 is 0 Å². The molecule has 0 aliphatic carbocycles. The van der Waals surface area contributed by atoms with Crippen LogP contribution in [-0.2, 0) is 9.53 Å². The molecule has 1 aliphatic rings. The largest absolute Gasteiger partial charge is 0.384 e. The Labute approximate surface area is 110 Å². The van der Waals surface area contributed by atoms with Gasteiger partial charge < -0.3 is 15.4 Å². The lowest BCUT2D eigenvalue weighted by Crippen LogP contribution is -2.48. The summed E-state index contributed by atoms with van der Waals surface area (Å²) in [6.45, 7) is 3.38. The van der Waals surface area contributed by atoms with Gasteiger partial charge in [-0.1, -0.05) is 0 Å². The number of nitrogens with two attached hydrogens (primary N) is 1. The number of methoxy groups -OCH3 is 1. The summed E-state index contributed by atoms with van der Waals surface area (Å²) in [7, 11) is 5.33. The third-order valence-corrected chi connectivity index (χ3v) is 3.65. The second-order valence-corrected chi connectivity index (χ2v) is 5.34. The summed E-state index contributed by atoms with van der Waals surface area (Å²) in [4.78, 5) is 15.8. The summed E-state index contributed by atoms with van der Waals surface area (Å²) in [5.74, 6) is 0.728. The van der Waals surface area contributed by atoms with Gasteiger partial charge in [0.2, 0.25) is 5.91 Å². The standard InChI is InChI=1S/C13H27N3O2/c1-15(2)13(17)7-12(8-14)16-6-4-5-11(9-16)10-18-3/h11-12H,4-10,14H2,1-3H3. The first-order valence-electron chi connectivity index (χ1n) is 6.71. The number of hydrogen-bond acceptors (Lipinski definition) is 4. The van der Waals surface area contributed by atoms with E-state index in [0.29, 0.717) is 18.9 Å². The molecule has 18 heavy (non-hydrogen) atoms. The smallest absolute Gasteiger partial charge is 0.223 e. The molecule has 1 fully saturated rings. The second-order valence-electron chi connectivity index (χ2n) is 5.34. The van der Waals surface area contributed by atoms with Gasteiger partial charge in [0.15, 0.2) is 0 Å². The highest BCUT2D eigenvalue weighted by molar-refractivity contribution is 5.76. The van der Waals surface area contributed by atoms with Gasteiger partial charge in [-0.15, -0.1) is 0 Å². The fourth-order valence-corrected chi connectivity index (χ4v) is 2.55. The van der Waals surface area contributed by atoms with Crippen molar-refractivity contribution in [2.75, 3.05) is 47.4 Å². The zero-order valence-corrected chi connectivity index (χ0v) is 11.9. The number of rotatable bonds is 6. The molecule has 1 aliphatic heterocycles. The molecule has 1 amide bonds. The minimum absolute atomic E-state index is 0.152. The van der Waals surface area contributed by atoms with Crippen LogP contribution in [0.15, 0.2) is 0 Å². The summed E-state index contributed by atoms with van der Waals surface area (Å²) in [6.07, 6.45) is 2.90. The van der Waals surface area contributed by atoms with Crippen molar-refractivity contribution in [2.45, 2.75) is 25.3 Å². The van der Waals surface area contributed by atoms with Crippen LogP contribution in [0.1, 0.15) is 19.3 Å². The number of hydrogen-bond donors (Lipinski definition) is 1. The zero-order chi connectivity index (χ0) is 13.5. The van der Waals surface area contributed by atoms with Gasteiger partial charge in [0.25, 0.3) is 0 Å². The first-order chi connectivity index (χ1) is 8.58. The van der Waals surface area contributed by atoms with Crippen LogP contribution in [0, 0.1) is 5.92 Å². The second kappa shape index (κ2) is 7.71. The summed E-state index contributed by atoms with van der Waals surface area (Å²) in [6, 6.07) is 0.166. The molecular weight excluding hydrogens is 230 g/mol. The lowest BCUT2D eigenvalue weighted by molar-refractivity contribution is -0.130. The van der Waals surface area contributed by atoms with E-state index >= 15 is 0 Å². The highest BCUT2D eigenvalue weighted by atomic mass is 16.5. The van der Waals surface area contributed by atoms with E-state index < -0.39 is 0 Å². The van der Waals surface area contributed by atoms with Gasteiger partial charge in [0.05, 0.1) is 6.61 Å². The number of carbonyl (C=O) groups excluding carboxylic acids is 1. The van der Waals surface area contributed by atoms with Crippen molar-refractivity contribution in [2.24, 2.45) is 11.7 Å². The minimum atomic E-state index is 0.152. The van der Waals surface area contributed by atoms with E-state index in [9.17, 15) is 4.79 Å². The van der Waals surface area contributed by atoms with Crippen molar-refractivity contribution in [3.8, 4) is 0 Å². The van der Waals surface area contributed by atoms with Crippen molar-refractivity contribution in [1.29, 1.82) is 0 Å². The third-order valence-electron chi connectivity index (χ3n) is 3.65. The molecule has 0 spiro atoms. The van der Waals surface area contributed by atoms with Crippen molar-refractivity contribution in [3.05, 3.63) is 0 Å². The molecule has 0 aromatic heterocycles. The molecule has 0 radical (unpaired) electrons. The fraction of sp³-hybridized carbons (Fsp3) is 0.923. The zero-order valence-electron chi connectivity index (χ0n) is 11.9. The first kappa shape index (κ1) is 15.4. The molecule has 5 nitrogen and oxygen atoms in total. The predicted molar refractivity (Wildman–Crippen MR) is 72.3 cm³/mol. The van der Waals surface area contributed by atoms with Crippen LogP contribution in [0.4, 0.5) is 0 Å². The van der Waals surface area contributed by atoms with E-state index in [0.717, 1.165) is 19.7 Å². The quantitative estimate of drug-likeness (QED) is 0.736. The number of piperidine rings is 1. The number of carbonyl (C=O) groups is 1. The molecule has 0 saturated carbocycles. The molecule has 1 rings (SSSR count). The van der Waals surface area contributed by atoms with Gasteiger partial charge in [0.1, 0.15) is 0 Å². The number of likely N-dealkylation sites (tertiary alicyclic amines) is 1. The maximum absolute atomic E-state index is 11.8. The highest BCUT2D eigenvalue weighted by Crippen LogP contribution is 2.19. The number of nitrogens with zero attached hydrogens (tertiary/aromatic N) is 2. The average molecular weight is 257 g/mol. The van der Waals surface area contributed by atoms with Gasteiger partial charge in [-0.2, -0.15) is 0 Å². The fourth-order valence-electron chi connectivity index (χ4n) is 2.55. The predicted octanol–water partition coefficient (Wildman–Crippen LogP) is 0.150. The summed E-state index contributed by atoms with van der Waals surface area (Å²) >= 11 is 0. The Kier molecular flexibility index (Phi) is 6.60. The first-order valence-corrected chi connectivity index (χ1v) is 6.71. The van der Waals surface area contributed by atoms with E-state index in [1.165, 1.54) is 12.8 Å². The maximum atomic E-state index is 11.8. The lowest BCUT2D eigenvalue weighted by Gasteiger charge is -2.37. The van der Waals surface area contributed by atoms with Crippen LogP contribution in [0.2, 0.25) is 0 Å². The van der Waals surface area contributed by atoms with E-state index in [4.69, 9.17) is 10.5 Å². The Morgan fingerprint density at radius 3 is 2.83 bits per heavy atom. The van der Waals surface area contributed by atoms with Gasteiger partial charge in [-0.25, -0.2) is 0 Å². The average Bonchev–Trinajstić information content (AvgIpc) is 2.36. The molecule has 106 valence electrons. The number of ether oxygens (including phenoxy) is 1. The van der Waals surface area contributed by atoms with Crippen LogP contribution in [-0.4, -0.2) is 69.2 Å². The Hall–Kier alpha value is -0.650. The van der Waals surface area contributed by atoms with Crippen LogP contribution >= 0.6 is 0 Å². The van der Waals surface area contributed by atoms with Crippen LogP contribution in [0.3, 0.4) is 0 Å². The Morgan fingerprint density at radius 1 is 1.56 bits per heavy atom. The molecule has 1 saturated heterocycles. The minimum Gasteiger partial charge on any atom is -0.384 e. The van der Waals surface area contributed by atoms with E-state index in [-0.39, 0.29) is 11.9 Å². The third kappa shape index (κ3) is 4.55. The Balaban J connectivity index is 2.50. The molecule has 1 heterocycles. The lowest BCUT2D eigenvalue weighted by atomic mass is 9.96. The summed E-state index contributed by atoms with van der Waals surface area (Å²) in [5, 5.41) is 0. The molecular formula is C13H27N3O2. The molecule has 5 heteroatoms. The van der Waals surface area contributed by atoms with Crippen LogP contribution in [0.5, 0.6) is 0 Å². The van der Waals surface area contributed by atoms with Gasteiger partial charge in [-0.3, -0.25) is 9.69 Å². The topological polar surface area (TPSA) is 58.8 Å². The summed E-state index contributed by atoms with van der Waals surface area (Å²) < 4.78 is 5.23. The van der Waals surface area contributed by atoms with Crippen molar-refractivity contribution < 1.29 is 9.53 Å². The highest BCUT2D eigenvalue weighted by Gasteiger charge is 2.26. The van der Waals surface area contributed by atoms with Crippen LogP contribution in [0.25, 0.3) is 0 Å². The number of amides is 1. The van der Waals surface area contributed by atoms with Crippen LogP contribution < -0.4 is 5.73 Å². The SMILES string of the molecule is COCC1CCCN(C(CN)CC(=O)N(C)C)C1. The van der Waals surface area contributed by atoms with E-state index in [2.05, 4.69) is 4.90 Å². The molecule has 2 unspecified atom stereocenters. The van der Waals surface area contributed by atoms with E-state index in [1.54, 1.807) is 26.1 Å². The molecule has 2 atom stereocenters. The van der Waals surface area contributed by atoms with Crippen molar-refractivity contribution in [1.82, 2.24) is 9.80 Å². The normalized spacial score (nSPS) is 22.8. The Bertz CT molecular complexity index is 257. The van der Waals surface area contributed by atoms with Gasteiger partial charge in [0, 0.05) is 46.8 Å². The Morgan fingerprint density at radius 2 is 2.28 bits per heavy atom. The molecule has 0 bridgehead atoms. The monoisotopic (exact) mass is 257 g/mol. The maximum Gasteiger partial charge on any atom is 0.223 e. The molecule has 0 aromatic rings. The van der Waals surface area contributed by atoms with E-state index in [1.807, 2.05) is 0 Å². The molecule has 0 aromatic carbocycles. The van der Waals surface area contributed by atoms with Gasteiger partial charge in [-0.05, 0) is 25.3 Å². The van der Waals surface area contributed by atoms with Crippen molar-refractivity contribution >= 4 is 5.91 Å². The summed E-state index contributed by atoms with van der Waals surface area (Å²) in [5.41, 5.74) is 5.83. The van der Waals surface area contributed by atoms with Crippen molar-refractivity contribution in [3.63, 3.8) is 0 Å². The molecule has 2 N–H and O–H groups in total.